The number of hydrogen-bond donors (Lipinski definition) is 3. The molecule has 15 heteroatoms. The van der Waals surface area contributed by atoms with E-state index in [4.69, 9.17) is 14.5 Å². The number of aldehydes is 1. The van der Waals surface area contributed by atoms with E-state index < -0.39 is 0 Å². The minimum atomic E-state index is -0.330. The minimum Gasteiger partial charge on any atom is -0.493 e. The van der Waals surface area contributed by atoms with E-state index in [-0.39, 0.29) is 36.8 Å². The van der Waals surface area contributed by atoms with E-state index in [1.807, 2.05) is 64.9 Å². The quantitative estimate of drug-likeness (QED) is 0.0571. The molecule has 3 N–H and O–H groups in total. The maximum Gasteiger partial charge on any atom is 0.272 e. The molecule has 0 bridgehead atoms. The molecule has 59 heavy (non-hydrogen) atoms. The van der Waals surface area contributed by atoms with Gasteiger partial charge in [0, 0.05) is 60.2 Å². The molecule has 0 fully saturated rings. The summed E-state index contributed by atoms with van der Waals surface area (Å²) in [6, 6.07) is 12.1. The third-order valence-electron chi connectivity index (χ3n) is 9.75. The van der Waals surface area contributed by atoms with Crippen molar-refractivity contribution >= 4 is 90.3 Å². The Morgan fingerprint density at radius 1 is 1.10 bits per heavy atom. The SMILES string of the molecule is C/C=C\C1=C(CC)CN2C(=O)c3cc(OC)c(OCCCC(=O)Nc4cc(C(=O)Nc5ccc6sc(C=O)cc6c5)n(C)c4)cc3N=CC2C1.CNCC(C)(C)SSC. The molecule has 2 aromatic carbocycles. The average Bonchev–Trinajstić information content (AvgIpc) is 3.77. The number of thiophene rings is 1. The standard InChI is InChI=1S/C38H39N5O6S.C6H15NS2/c1-5-8-24-14-28-19-39-31-18-34(33(48-4)17-30(31)38(47)43(28)20-23(24)6-2)49-12-7-9-36(45)40-27-16-32(42(3)21-27)37(46)41-26-10-11-35-25(13-26)15-29(22-44)50-35;1-6(2,5-7-3)9-8-4/h5,8,10-11,13,15-19,21-22,28H,6-7,9,12,14,20H2,1-4H3,(H,40,45)(H,41,46);7H,5H2,1-4H3/b8-5-;. The van der Waals surface area contributed by atoms with E-state index in [1.165, 1.54) is 29.6 Å². The summed E-state index contributed by atoms with van der Waals surface area (Å²) >= 11 is 1.39. The highest BCUT2D eigenvalue weighted by Crippen LogP contribution is 2.39. The van der Waals surface area contributed by atoms with Gasteiger partial charge in [0.15, 0.2) is 17.8 Å². The molecule has 0 saturated carbocycles. The number of fused-ring (bicyclic) bond motifs is 3. The van der Waals surface area contributed by atoms with Gasteiger partial charge in [-0.3, -0.25) is 24.2 Å². The molecule has 0 radical (unpaired) electrons. The first-order valence-corrected chi connectivity index (χ1v) is 22.9. The summed E-state index contributed by atoms with van der Waals surface area (Å²) in [4.78, 5) is 57.8. The Morgan fingerprint density at radius 3 is 2.59 bits per heavy atom. The highest BCUT2D eigenvalue weighted by atomic mass is 33.1. The normalized spacial score (nSPS) is 15.0. The highest BCUT2D eigenvalue weighted by molar-refractivity contribution is 8.77. The van der Waals surface area contributed by atoms with Crippen LogP contribution in [0.2, 0.25) is 0 Å². The first-order valence-electron chi connectivity index (χ1n) is 19.5. The molecule has 6 rings (SSSR count). The van der Waals surface area contributed by atoms with E-state index in [0.29, 0.717) is 68.8 Å². The number of aryl methyl sites for hydroxylation is 1. The van der Waals surface area contributed by atoms with Crippen LogP contribution in [0.3, 0.4) is 0 Å². The predicted octanol–water partition coefficient (Wildman–Crippen LogP) is 9.32. The van der Waals surface area contributed by atoms with E-state index in [2.05, 4.69) is 49.1 Å². The summed E-state index contributed by atoms with van der Waals surface area (Å²) < 4.78 is 14.6. The molecule has 0 aliphatic carbocycles. The molecule has 4 aromatic rings. The molecule has 2 aliphatic rings. The van der Waals surface area contributed by atoms with E-state index in [9.17, 15) is 19.2 Å². The summed E-state index contributed by atoms with van der Waals surface area (Å²) in [6.07, 6.45) is 12.8. The number of nitrogens with zero attached hydrogens (tertiary/aromatic N) is 3. The largest absolute Gasteiger partial charge is 0.493 e. The van der Waals surface area contributed by atoms with Crippen molar-refractivity contribution in [3.8, 4) is 11.5 Å². The van der Waals surface area contributed by atoms with Crippen LogP contribution in [0.5, 0.6) is 11.5 Å². The van der Waals surface area contributed by atoms with Crippen LogP contribution in [-0.2, 0) is 11.8 Å². The Balaban J connectivity index is 0.000000658. The van der Waals surface area contributed by atoms with Crippen molar-refractivity contribution in [2.45, 2.75) is 64.2 Å². The first kappa shape index (κ1) is 45.3. The minimum absolute atomic E-state index is 0.0925. The van der Waals surface area contributed by atoms with Gasteiger partial charge in [0.25, 0.3) is 11.8 Å². The van der Waals surface area contributed by atoms with Gasteiger partial charge in [-0.2, -0.15) is 0 Å². The number of anilines is 2. The van der Waals surface area contributed by atoms with Crippen molar-refractivity contribution < 1.29 is 28.7 Å². The molecule has 2 aromatic heterocycles. The third kappa shape index (κ3) is 11.7. The molecular formula is C44H54N6O6S3. The van der Waals surface area contributed by atoms with Crippen LogP contribution in [0, 0.1) is 0 Å². The van der Waals surface area contributed by atoms with Crippen molar-refractivity contribution in [3.63, 3.8) is 0 Å². The number of nitrogens with one attached hydrogen (secondary N) is 3. The number of hydrogen-bond acceptors (Lipinski definition) is 11. The van der Waals surface area contributed by atoms with Gasteiger partial charge in [-0.25, -0.2) is 0 Å². The van der Waals surface area contributed by atoms with Gasteiger partial charge >= 0.3 is 0 Å². The van der Waals surface area contributed by atoms with Crippen molar-refractivity contribution in [2.24, 2.45) is 12.0 Å². The number of amides is 3. The summed E-state index contributed by atoms with van der Waals surface area (Å²) in [5.74, 6) is 0.218. The van der Waals surface area contributed by atoms with Crippen LogP contribution in [0.25, 0.3) is 10.1 Å². The number of aliphatic imine (C=N–C) groups is 1. The maximum absolute atomic E-state index is 13.7. The molecule has 3 amide bonds. The highest BCUT2D eigenvalue weighted by Gasteiger charge is 2.33. The summed E-state index contributed by atoms with van der Waals surface area (Å²) in [5.41, 5.74) is 4.96. The fraction of sp³-hybridized carbons (Fsp3) is 0.386. The van der Waals surface area contributed by atoms with Gasteiger partial charge in [-0.1, -0.05) is 40.7 Å². The van der Waals surface area contributed by atoms with Gasteiger partial charge in [-0.05, 0) is 106 Å². The Kier molecular flexibility index (Phi) is 16.0. The Bertz CT molecular complexity index is 2250. The van der Waals surface area contributed by atoms with Crippen molar-refractivity contribution in [1.29, 1.82) is 0 Å². The Morgan fingerprint density at radius 2 is 1.90 bits per heavy atom. The molecule has 4 heterocycles. The molecule has 1 unspecified atom stereocenters. The second-order valence-electron chi connectivity index (χ2n) is 14.7. The van der Waals surface area contributed by atoms with Gasteiger partial charge in [-0.15, -0.1) is 11.3 Å². The van der Waals surface area contributed by atoms with Gasteiger partial charge in [0.05, 0.1) is 41.6 Å². The topological polar surface area (TPSA) is 143 Å². The van der Waals surface area contributed by atoms with E-state index in [0.717, 1.165) is 29.3 Å². The molecule has 1 atom stereocenters. The Hall–Kier alpha value is -4.83. The van der Waals surface area contributed by atoms with E-state index in [1.54, 1.807) is 48.1 Å². The molecule has 0 saturated heterocycles. The number of benzene rings is 2. The van der Waals surface area contributed by atoms with Crippen LogP contribution in [0.15, 0.2) is 77.0 Å². The number of carbonyl (C=O) groups excluding carboxylic acids is 4. The lowest BCUT2D eigenvalue weighted by Crippen LogP contribution is -2.44. The predicted molar refractivity (Wildman–Crippen MR) is 246 cm³/mol. The lowest BCUT2D eigenvalue weighted by atomic mass is 9.92. The Labute approximate surface area is 358 Å². The van der Waals surface area contributed by atoms with Crippen LogP contribution >= 0.6 is 32.9 Å². The lowest BCUT2D eigenvalue weighted by Gasteiger charge is -2.35. The number of ether oxygens (including phenoxy) is 2. The van der Waals surface area contributed by atoms with Crippen LogP contribution in [0.4, 0.5) is 17.1 Å². The lowest BCUT2D eigenvalue weighted by molar-refractivity contribution is -0.116. The first-order chi connectivity index (χ1) is 28.3. The zero-order valence-electron chi connectivity index (χ0n) is 35.0. The van der Waals surface area contributed by atoms with Gasteiger partial charge in [0.1, 0.15) is 5.69 Å². The van der Waals surface area contributed by atoms with Crippen molar-refractivity contribution in [1.82, 2.24) is 14.8 Å². The zero-order valence-corrected chi connectivity index (χ0v) is 37.4. The number of carbonyl (C=O) groups is 4. The smallest absolute Gasteiger partial charge is 0.272 e. The van der Waals surface area contributed by atoms with Crippen LogP contribution in [0.1, 0.15) is 83.9 Å². The van der Waals surface area contributed by atoms with Crippen molar-refractivity contribution in [2.75, 3.05) is 50.7 Å². The fourth-order valence-electron chi connectivity index (χ4n) is 6.98. The van der Waals surface area contributed by atoms with Gasteiger partial charge in [0.2, 0.25) is 5.91 Å². The number of methoxy groups -OCH3 is 1. The molecule has 0 spiro atoms. The van der Waals surface area contributed by atoms with Crippen molar-refractivity contribution in [3.05, 3.63) is 88.1 Å². The van der Waals surface area contributed by atoms with E-state index >= 15 is 0 Å². The molecule has 314 valence electrons. The summed E-state index contributed by atoms with van der Waals surface area (Å²) in [5, 5.41) is 9.77. The van der Waals surface area contributed by atoms with Crippen LogP contribution in [-0.4, -0.2) is 90.6 Å². The second kappa shape index (κ2) is 20.9. The number of rotatable bonds is 16. The fourth-order valence-corrected chi connectivity index (χ4v) is 10.0. The molecule has 12 nitrogen and oxygen atoms in total. The summed E-state index contributed by atoms with van der Waals surface area (Å²) in [6.45, 7) is 10.5. The third-order valence-corrected chi connectivity index (χ3v) is 13.4. The summed E-state index contributed by atoms with van der Waals surface area (Å²) in [7, 11) is 8.98. The second-order valence-corrected chi connectivity index (χ2v) is 18.9. The number of aromatic nitrogens is 1. The molecular weight excluding hydrogens is 805 g/mol. The van der Waals surface area contributed by atoms with Crippen LogP contribution < -0.4 is 25.4 Å². The number of allylic oxidation sites excluding steroid dienone is 2. The zero-order chi connectivity index (χ0) is 42.7. The van der Waals surface area contributed by atoms with Gasteiger partial charge < -0.3 is 34.9 Å². The maximum atomic E-state index is 13.7. The average molecular weight is 859 g/mol. The molecule has 2 aliphatic heterocycles. The monoisotopic (exact) mass is 858 g/mol.